The third-order valence-electron chi connectivity index (χ3n) is 20.3. The van der Waals surface area contributed by atoms with Crippen LogP contribution >= 0.6 is 47.0 Å². The molecule has 4 amide bonds. The summed E-state index contributed by atoms with van der Waals surface area (Å²) < 4.78 is -1.35. The van der Waals surface area contributed by atoms with Gasteiger partial charge in [-0.1, -0.05) is 128 Å². The molecule has 4 saturated heterocycles. The summed E-state index contributed by atoms with van der Waals surface area (Å²) >= 11 is 6.53. The molecule has 0 aromatic rings. The van der Waals surface area contributed by atoms with Crippen molar-refractivity contribution < 1.29 is 19.2 Å². The molecular formula is C56H88N8O4S4. The van der Waals surface area contributed by atoms with Crippen LogP contribution in [0, 0.1) is 71.0 Å². The highest BCUT2D eigenvalue weighted by Crippen LogP contribution is 2.51. The summed E-state index contributed by atoms with van der Waals surface area (Å²) in [6, 6.07) is 1.89. The molecule has 4 N–H and O–H groups in total. The topological polar surface area (TPSA) is 166 Å². The molecule has 12 aliphatic rings. The van der Waals surface area contributed by atoms with Gasteiger partial charge < -0.3 is 21.3 Å². The Balaban J connectivity index is 0.000000119. The second kappa shape index (κ2) is 21.4. The van der Waals surface area contributed by atoms with E-state index in [1.54, 1.807) is 47.0 Å². The summed E-state index contributed by atoms with van der Waals surface area (Å²) in [6.07, 6.45) is 21.4. The molecule has 16 heteroatoms. The highest BCUT2D eigenvalue weighted by atomic mass is 32.2. The Morgan fingerprint density at radius 1 is 0.347 bits per heavy atom. The van der Waals surface area contributed by atoms with Gasteiger partial charge >= 0.3 is 0 Å². The third kappa shape index (κ3) is 11.1. The number of carbonyl (C=O) groups is 4. The summed E-state index contributed by atoms with van der Waals surface area (Å²) in [5.41, 5.74) is 0. The van der Waals surface area contributed by atoms with E-state index in [2.05, 4.69) is 76.7 Å². The van der Waals surface area contributed by atoms with Gasteiger partial charge in [-0.15, -0.1) is 0 Å². The summed E-state index contributed by atoms with van der Waals surface area (Å²) in [5.74, 6) is 8.59. The van der Waals surface area contributed by atoms with E-state index in [0.29, 0.717) is 47.8 Å². The Hall–Kier alpha value is -2.04. The number of aliphatic imine (C=N–C) groups is 4. The average Bonchev–Trinajstić information content (AvgIpc) is 4.16. The van der Waals surface area contributed by atoms with Gasteiger partial charge in [0.05, 0.1) is 24.2 Å². The van der Waals surface area contributed by atoms with Gasteiger partial charge in [-0.25, -0.2) is 0 Å². The van der Waals surface area contributed by atoms with E-state index >= 15 is 0 Å². The Kier molecular flexibility index (Phi) is 16.3. The lowest BCUT2D eigenvalue weighted by Crippen LogP contribution is -2.38. The summed E-state index contributed by atoms with van der Waals surface area (Å²) in [4.78, 5) is 67.6. The summed E-state index contributed by atoms with van der Waals surface area (Å²) in [5, 5.41) is 15.4. The van der Waals surface area contributed by atoms with Crippen LogP contribution in [0.15, 0.2) is 20.0 Å². The third-order valence-corrected chi connectivity index (χ3v) is 26.2. The second-order valence-electron chi connectivity index (χ2n) is 26.0. The van der Waals surface area contributed by atoms with Crippen LogP contribution < -0.4 is 21.3 Å². The van der Waals surface area contributed by atoms with E-state index in [-0.39, 0.29) is 42.6 Å². The van der Waals surface area contributed by atoms with Gasteiger partial charge in [0.1, 0.15) is 19.0 Å². The number of hydrogen-bond donors (Lipinski definition) is 4. The molecule has 12 rings (SSSR count). The van der Waals surface area contributed by atoms with Crippen molar-refractivity contribution >= 4 is 91.3 Å². The monoisotopic (exact) mass is 1060 g/mol. The van der Waals surface area contributed by atoms with Crippen LogP contribution in [0.5, 0.6) is 0 Å². The van der Waals surface area contributed by atoms with Crippen molar-refractivity contribution in [3.63, 3.8) is 0 Å². The number of nitrogens with zero attached hydrogens (tertiary/aromatic N) is 4. The Morgan fingerprint density at radius 2 is 0.542 bits per heavy atom. The zero-order valence-electron chi connectivity index (χ0n) is 45.6. The second-order valence-corrected chi connectivity index (χ2v) is 31.7. The van der Waals surface area contributed by atoms with E-state index in [4.69, 9.17) is 20.0 Å². The molecule has 4 aliphatic heterocycles. The summed E-state index contributed by atoms with van der Waals surface area (Å²) in [7, 11) is 0. The number of rotatable bonds is 8. The average molecular weight is 1070 g/mol. The van der Waals surface area contributed by atoms with Crippen LogP contribution in [-0.2, 0) is 19.2 Å². The smallest absolute Gasteiger partial charge is 0.242 e. The number of nitrogens with one attached hydrogen (secondary N) is 4. The van der Waals surface area contributed by atoms with Crippen molar-refractivity contribution in [2.24, 2.45) is 91.0 Å². The highest BCUT2D eigenvalue weighted by Gasteiger charge is 2.51. The first kappa shape index (κ1) is 54.7. The van der Waals surface area contributed by atoms with E-state index in [0.717, 1.165) is 68.0 Å². The maximum atomic E-state index is 12.1. The lowest BCUT2D eigenvalue weighted by Gasteiger charge is -2.23. The minimum Gasteiger partial charge on any atom is -0.304 e. The van der Waals surface area contributed by atoms with Crippen molar-refractivity contribution in [1.29, 1.82) is 0 Å². The van der Waals surface area contributed by atoms with Crippen LogP contribution in [0.4, 0.5) is 0 Å². The molecule has 0 aromatic carbocycles. The van der Waals surface area contributed by atoms with Gasteiger partial charge in [-0.3, -0.25) is 39.1 Å². The maximum absolute atomic E-state index is 12.1. The van der Waals surface area contributed by atoms with Crippen LogP contribution in [0.2, 0.25) is 0 Å². The standard InChI is InChI=1S/4C14H22N2OS/c4*1-8(2)14(3)12(17)16-13(18-14)15-11-7-9-4-5-10(11)6-9/h4*8-11H,4-7H2,1-3H3,(H,15,16,17)/t2*9-,10+,11+,14+;2*9-,10+,11+,14-/m1010/s1. The molecule has 0 unspecified atom stereocenters. The van der Waals surface area contributed by atoms with Crippen LogP contribution in [0.1, 0.15) is 186 Å². The lowest BCUT2D eigenvalue weighted by molar-refractivity contribution is -0.122. The molecule has 4 heterocycles. The molecule has 16 atom stereocenters. The van der Waals surface area contributed by atoms with Gasteiger partial charge in [0, 0.05) is 0 Å². The van der Waals surface area contributed by atoms with Crippen molar-refractivity contribution in [3.05, 3.63) is 0 Å². The molecule has 0 aromatic heterocycles. The van der Waals surface area contributed by atoms with Crippen molar-refractivity contribution in [3.8, 4) is 0 Å². The van der Waals surface area contributed by atoms with E-state index < -0.39 is 0 Å². The minimum absolute atomic E-state index is 0.129. The molecule has 72 heavy (non-hydrogen) atoms. The number of amidine groups is 4. The fourth-order valence-electron chi connectivity index (χ4n) is 13.8. The molecule has 8 saturated carbocycles. The van der Waals surface area contributed by atoms with E-state index in [9.17, 15) is 19.2 Å². The first-order chi connectivity index (χ1) is 33.9. The van der Waals surface area contributed by atoms with Crippen LogP contribution in [0.3, 0.4) is 0 Å². The number of amides is 4. The van der Waals surface area contributed by atoms with Gasteiger partial charge in [-0.05, 0) is 176 Å². The van der Waals surface area contributed by atoms with Gasteiger partial charge in [-0.2, -0.15) is 0 Å². The molecule has 0 radical (unpaired) electrons. The highest BCUT2D eigenvalue weighted by molar-refractivity contribution is 8.17. The fraction of sp³-hybridized carbons (Fsp3) is 0.857. The molecule has 8 bridgehead atoms. The fourth-order valence-corrected chi connectivity index (χ4v) is 18.3. The van der Waals surface area contributed by atoms with Crippen LogP contribution in [0.25, 0.3) is 0 Å². The van der Waals surface area contributed by atoms with Crippen LogP contribution in [-0.4, -0.2) is 87.5 Å². The SMILES string of the molecule is CC(C)[C@@]1(C)SC(=N[C@@H]2C[C@H]3CC[C@@H]2C3)NC1=O.CC(C)[C@@]1(C)SC(=N[C@H]2C[C@@H]3CC[C@H]2C3)NC1=O.CC(C)[C@]1(C)SC(=N[C@@H]2C[C@H]3CC[C@@H]2C3)NC1=O.CC(C)[C@]1(C)SC(=N[C@H]2C[C@@H]3CC[C@H]2C3)NC1=O. The van der Waals surface area contributed by atoms with Crippen molar-refractivity contribution in [2.75, 3.05) is 0 Å². The molecule has 400 valence electrons. The van der Waals surface area contributed by atoms with E-state index in [1.165, 1.54) is 103 Å². The first-order valence-electron chi connectivity index (χ1n) is 28.3. The normalized spacial score (nSPS) is 45.2. The maximum Gasteiger partial charge on any atom is 0.242 e. The largest absolute Gasteiger partial charge is 0.304 e. The predicted molar refractivity (Wildman–Crippen MR) is 303 cm³/mol. The Bertz CT molecular complexity index is 1930. The molecule has 12 nitrogen and oxygen atoms in total. The van der Waals surface area contributed by atoms with Crippen molar-refractivity contribution in [2.45, 2.75) is 229 Å². The quantitative estimate of drug-likeness (QED) is 0.186. The number of fused-ring (bicyclic) bond motifs is 8. The first-order valence-corrected chi connectivity index (χ1v) is 31.5. The number of thioether (sulfide) groups is 4. The lowest BCUT2D eigenvalue weighted by atomic mass is 9.96. The minimum atomic E-state index is -0.337. The predicted octanol–water partition coefficient (Wildman–Crippen LogP) is 11.2. The Morgan fingerprint density at radius 3 is 0.667 bits per heavy atom. The van der Waals surface area contributed by atoms with Crippen molar-refractivity contribution in [1.82, 2.24) is 21.3 Å². The van der Waals surface area contributed by atoms with Gasteiger partial charge in [0.25, 0.3) is 0 Å². The number of hydrogen-bond acceptors (Lipinski definition) is 12. The van der Waals surface area contributed by atoms with Gasteiger partial charge in [0.2, 0.25) is 23.6 Å². The Labute approximate surface area is 449 Å². The van der Waals surface area contributed by atoms with E-state index in [1.807, 2.05) is 27.7 Å². The number of carbonyl (C=O) groups excluding carboxylic acids is 4. The zero-order valence-corrected chi connectivity index (χ0v) is 48.9. The van der Waals surface area contributed by atoms with Gasteiger partial charge in [0.15, 0.2) is 20.7 Å². The summed E-state index contributed by atoms with van der Waals surface area (Å²) in [6.45, 7) is 24.9. The molecule has 12 fully saturated rings. The molecule has 0 spiro atoms. The molecular weight excluding hydrogens is 977 g/mol. The zero-order chi connectivity index (χ0) is 51.7. The molecule has 8 aliphatic carbocycles.